The second-order valence-corrected chi connectivity index (χ2v) is 4.85. The van der Waals surface area contributed by atoms with Crippen LogP contribution in [-0.2, 0) is 13.0 Å². The third-order valence-corrected chi connectivity index (χ3v) is 3.26. The van der Waals surface area contributed by atoms with Gasteiger partial charge in [-0.05, 0) is 41.8 Å². The first-order valence-electron chi connectivity index (χ1n) is 7.10. The summed E-state index contributed by atoms with van der Waals surface area (Å²) in [4.78, 5) is 4.22. The fraction of sp³-hybridized carbons (Fsp3) is 0.235. The van der Waals surface area contributed by atoms with Crippen LogP contribution in [0.4, 0.5) is 10.1 Å². The Kier molecular flexibility index (Phi) is 5.36. The number of ether oxygens (including phenoxy) is 1. The van der Waals surface area contributed by atoms with Gasteiger partial charge in [0.05, 0.1) is 13.7 Å². The van der Waals surface area contributed by atoms with E-state index in [1.807, 2.05) is 18.2 Å². The number of nitrogens with zero attached hydrogens (tertiary/aromatic N) is 1. The Morgan fingerprint density at radius 3 is 2.73 bits per heavy atom. The van der Waals surface area contributed by atoms with Crippen LogP contribution in [0, 0.1) is 5.82 Å². The van der Waals surface area contributed by atoms with Gasteiger partial charge in [0, 0.05) is 5.69 Å². The molecule has 2 aromatic rings. The molecule has 0 unspecified atom stereocenters. The second-order valence-electron chi connectivity index (χ2n) is 4.85. The van der Waals surface area contributed by atoms with E-state index in [1.54, 1.807) is 12.1 Å². The standard InChI is InChI=1S/C17H20FN3O/c1-3-12-5-4-6-14(9-12)21-17(19)20-11-13-7-8-16(22-2)15(18)10-13/h4-10H,3,11H2,1-2H3,(H3,19,20,21). The number of methoxy groups -OCH3 is 1. The van der Waals surface area contributed by atoms with E-state index in [-0.39, 0.29) is 5.75 Å². The molecule has 0 aliphatic carbocycles. The number of hydrogen-bond acceptors (Lipinski definition) is 2. The Labute approximate surface area is 129 Å². The van der Waals surface area contributed by atoms with Gasteiger partial charge in [-0.2, -0.15) is 0 Å². The SMILES string of the molecule is CCc1cccc(NC(N)=NCc2ccc(OC)c(F)c2)c1. The summed E-state index contributed by atoms with van der Waals surface area (Å²) in [6.07, 6.45) is 0.956. The summed E-state index contributed by atoms with van der Waals surface area (Å²) < 4.78 is 18.5. The van der Waals surface area contributed by atoms with Crippen LogP contribution in [0.2, 0.25) is 0 Å². The van der Waals surface area contributed by atoms with Crippen molar-refractivity contribution in [3.05, 3.63) is 59.4 Å². The molecule has 0 saturated carbocycles. The zero-order chi connectivity index (χ0) is 15.9. The van der Waals surface area contributed by atoms with Gasteiger partial charge in [-0.25, -0.2) is 9.38 Å². The van der Waals surface area contributed by atoms with Crippen molar-refractivity contribution in [2.45, 2.75) is 19.9 Å². The molecule has 0 bridgehead atoms. The summed E-state index contributed by atoms with van der Waals surface area (Å²) >= 11 is 0. The van der Waals surface area contributed by atoms with E-state index >= 15 is 0 Å². The van der Waals surface area contributed by atoms with E-state index in [0.29, 0.717) is 12.5 Å². The third kappa shape index (κ3) is 4.22. The van der Waals surface area contributed by atoms with Gasteiger partial charge in [0.25, 0.3) is 0 Å². The maximum absolute atomic E-state index is 13.6. The number of benzene rings is 2. The Hall–Kier alpha value is -2.56. The molecular weight excluding hydrogens is 281 g/mol. The van der Waals surface area contributed by atoms with E-state index in [4.69, 9.17) is 10.5 Å². The first kappa shape index (κ1) is 15.8. The minimum Gasteiger partial charge on any atom is -0.494 e. The first-order valence-corrected chi connectivity index (χ1v) is 7.10. The molecule has 0 radical (unpaired) electrons. The van der Waals surface area contributed by atoms with Crippen LogP contribution < -0.4 is 15.8 Å². The maximum Gasteiger partial charge on any atom is 0.193 e. The Balaban J connectivity index is 2.01. The van der Waals surface area contributed by atoms with Crippen LogP contribution in [0.5, 0.6) is 5.75 Å². The van der Waals surface area contributed by atoms with Gasteiger partial charge in [0.15, 0.2) is 17.5 Å². The quantitative estimate of drug-likeness (QED) is 0.658. The summed E-state index contributed by atoms with van der Waals surface area (Å²) in [7, 11) is 1.43. The largest absolute Gasteiger partial charge is 0.494 e. The molecule has 0 spiro atoms. The van der Waals surface area contributed by atoms with E-state index in [2.05, 4.69) is 23.3 Å². The lowest BCUT2D eigenvalue weighted by Gasteiger charge is -2.07. The van der Waals surface area contributed by atoms with E-state index in [9.17, 15) is 4.39 Å². The highest BCUT2D eigenvalue weighted by molar-refractivity contribution is 5.92. The number of hydrogen-bond donors (Lipinski definition) is 2. The van der Waals surface area contributed by atoms with Crippen molar-refractivity contribution in [1.82, 2.24) is 0 Å². The van der Waals surface area contributed by atoms with Crippen molar-refractivity contribution in [2.75, 3.05) is 12.4 Å². The summed E-state index contributed by atoms with van der Waals surface area (Å²) in [5, 5.41) is 3.03. The molecule has 5 heteroatoms. The minimum atomic E-state index is -0.405. The van der Waals surface area contributed by atoms with Gasteiger partial charge in [0.1, 0.15) is 0 Å². The number of nitrogens with one attached hydrogen (secondary N) is 1. The number of nitrogens with two attached hydrogens (primary N) is 1. The average Bonchev–Trinajstić information content (AvgIpc) is 2.53. The lowest BCUT2D eigenvalue weighted by Crippen LogP contribution is -2.22. The highest BCUT2D eigenvalue weighted by atomic mass is 19.1. The first-order chi connectivity index (χ1) is 10.6. The molecule has 0 aliphatic rings. The third-order valence-electron chi connectivity index (χ3n) is 3.26. The van der Waals surface area contributed by atoms with Crippen LogP contribution in [0.3, 0.4) is 0 Å². The van der Waals surface area contributed by atoms with Gasteiger partial charge >= 0.3 is 0 Å². The molecule has 0 atom stereocenters. The van der Waals surface area contributed by atoms with Crippen molar-refractivity contribution in [1.29, 1.82) is 0 Å². The van der Waals surface area contributed by atoms with Crippen LogP contribution >= 0.6 is 0 Å². The number of aryl methyl sites for hydroxylation is 1. The molecule has 0 amide bonds. The Bertz CT molecular complexity index is 671. The van der Waals surface area contributed by atoms with Crippen molar-refractivity contribution in [2.24, 2.45) is 10.7 Å². The van der Waals surface area contributed by atoms with E-state index in [0.717, 1.165) is 17.7 Å². The van der Waals surface area contributed by atoms with Crippen LogP contribution in [-0.4, -0.2) is 13.1 Å². The number of guanidine groups is 1. The number of aliphatic imine (C=N–C) groups is 1. The van der Waals surface area contributed by atoms with Gasteiger partial charge in [-0.15, -0.1) is 0 Å². The fourth-order valence-corrected chi connectivity index (χ4v) is 2.04. The van der Waals surface area contributed by atoms with Gasteiger partial charge in [-0.1, -0.05) is 25.1 Å². The predicted molar refractivity (Wildman–Crippen MR) is 87.7 cm³/mol. The molecule has 0 fully saturated rings. The molecule has 22 heavy (non-hydrogen) atoms. The number of anilines is 1. The molecule has 4 nitrogen and oxygen atoms in total. The van der Waals surface area contributed by atoms with Gasteiger partial charge < -0.3 is 15.8 Å². The highest BCUT2D eigenvalue weighted by Crippen LogP contribution is 2.18. The number of halogens is 1. The summed E-state index contributed by atoms with van der Waals surface area (Å²) in [5.74, 6) is 0.108. The van der Waals surface area contributed by atoms with Gasteiger partial charge in [0.2, 0.25) is 0 Å². The normalized spacial score (nSPS) is 11.3. The average molecular weight is 301 g/mol. The zero-order valence-corrected chi connectivity index (χ0v) is 12.8. The van der Waals surface area contributed by atoms with E-state index < -0.39 is 5.82 Å². The molecule has 0 heterocycles. The maximum atomic E-state index is 13.6. The molecule has 3 N–H and O–H groups in total. The lowest BCUT2D eigenvalue weighted by atomic mass is 10.1. The molecule has 2 rings (SSSR count). The summed E-state index contributed by atoms with van der Waals surface area (Å²) in [6, 6.07) is 12.7. The van der Waals surface area contributed by atoms with E-state index in [1.165, 1.54) is 18.7 Å². The molecule has 116 valence electrons. The summed E-state index contributed by atoms with van der Waals surface area (Å²) in [5.41, 5.74) is 8.69. The van der Waals surface area contributed by atoms with Crippen molar-refractivity contribution in [3.63, 3.8) is 0 Å². The Morgan fingerprint density at radius 1 is 1.23 bits per heavy atom. The van der Waals surface area contributed by atoms with Crippen LogP contribution in [0.25, 0.3) is 0 Å². The van der Waals surface area contributed by atoms with Crippen molar-refractivity contribution < 1.29 is 9.13 Å². The van der Waals surface area contributed by atoms with Crippen molar-refractivity contribution in [3.8, 4) is 5.75 Å². The number of rotatable bonds is 5. The monoisotopic (exact) mass is 301 g/mol. The molecule has 0 aliphatic heterocycles. The molecular formula is C17H20FN3O. The minimum absolute atomic E-state index is 0.218. The molecule has 0 aromatic heterocycles. The smallest absolute Gasteiger partial charge is 0.193 e. The fourth-order valence-electron chi connectivity index (χ4n) is 2.04. The Morgan fingerprint density at radius 2 is 2.05 bits per heavy atom. The topological polar surface area (TPSA) is 59.6 Å². The zero-order valence-electron chi connectivity index (χ0n) is 12.8. The highest BCUT2D eigenvalue weighted by Gasteiger charge is 2.03. The van der Waals surface area contributed by atoms with Crippen LogP contribution in [0.1, 0.15) is 18.1 Å². The summed E-state index contributed by atoms with van der Waals surface area (Å²) in [6.45, 7) is 2.39. The predicted octanol–water partition coefficient (Wildman–Crippen LogP) is 3.32. The van der Waals surface area contributed by atoms with Crippen LogP contribution in [0.15, 0.2) is 47.5 Å². The molecule has 2 aromatic carbocycles. The van der Waals surface area contributed by atoms with Crippen molar-refractivity contribution >= 4 is 11.6 Å². The second kappa shape index (κ2) is 7.45. The molecule has 0 saturated heterocycles. The lowest BCUT2D eigenvalue weighted by molar-refractivity contribution is 0.386. The van der Waals surface area contributed by atoms with Gasteiger partial charge in [-0.3, -0.25) is 0 Å².